The molecule has 1 aromatic heterocycles. The van der Waals surface area contributed by atoms with Crippen LogP contribution in [0, 0.1) is 12.8 Å². The summed E-state index contributed by atoms with van der Waals surface area (Å²) in [5.74, 6) is 0.641. The van der Waals surface area contributed by atoms with Crippen molar-refractivity contribution in [3.8, 4) is 0 Å². The average molecular weight is 444 g/mol. The first-order chi connectivity index (χ1) is 16.2. The Labute approximate surface area is 198 Å². The lowest BCUT2D eigenvalue weighted by Crippen LogP contribution is -2.42. The SMILES string of the molecule is Cc1cccc(Cn2c(CN3CCC(C(=O)N4CCCCCC4)CC3)cc3ccccc32)c1. The van der Waals surface area contributed by atoms with Crippen LogP contribution in [0.15, 0.2) is 54.6 Å². The van der Waals surface area contributed by atoms with Gasteiger partial charge in [0.15, 0.2) is 0 Å². The summed E-state index contributed by atoms with van der Waals surface area (Å²) in [5.41, 5.74) is 5.33. The Morgan fingerprint density at radius 2 is 1.61 bits per heavy atom. The standard InChI is InChI=1S/C29H37N3O/c1-23-9-8-10-24(19-23)21-32-27(20-26-11-4-5-12-28(26)32)22-30-17-13-25(14-18-30)29(33)31-15-6-2-3-7-16-31/h4-5,8-12,19-20,25H,2-3,6-7,13-18,21-22H2,1H3. The molecule has 3 aromatic rings. The van der Waals surface area contributed by atoms with Crippen LogP contribution >= 0.6 is 0 Å². The van der Waals surface area contributed by atoms with Crippen LogP contribution in [0.5, 0.6) is 0 Å². The minimum Gasteiger partial charge on any atom is -0.342 e. The Morgan fingerprint density at radius 3 is 2.36 bits per heavy atom. The van der Waals surface area contributed by atoms with E-state index in [0.29, 0.717) is 5.91 Å². The second kappa shape index (κ2) is 10.1. The molecule has 2 aliphatic rings. The monoisotopic (exact) mass is 443 g/mol. The predicted molar refractivity (Wildman–Crippen MR) is 135 cm³/mol. The van der Waals surface area contributed by atoms with Gasteiger partial charge in [-0.1, -0.05) is 60.9 Å². The van der Waals surface area contributed by atoms with E-state index in [2.05, 4.69) is 75.9 Å². The minimum atomic E-state index is 0.220. The van der Waals surface area contributed by atoms with Crippen molar-refractivity contribution < 1.29 is 4.79 Å². The van der Waals surface area contributed by atoms with Crippen LogP contribution < -0.4 is 0 Å². The summed E-state index contributed by atoms with van der Waals surface area (Å²) in [6.45, 7) is 7.97. The zero-order valence-electron chi connectivity index (χ0n) is 20.0. The fraction of sp³-hybridized carbons (Fsp3) is 0.483. The lowest BCUT2D eigenvalue weighted by atomic mass is 9.95. The molecule has 5 rings (SSSR count). The number of nitrogens with zero attached hydrogens (tertiary/aromatic N) is 3. The first kappa shape index (κ1) is 22.2. The molecule has 174 valence electrons. The molecule has 2 fully saturated rings. The molecule has 4 nitrogen and oxygen atoms in total. The quantitative estimate of drug-likeness (QED) is 0.513. The number of hydrogen-bond acceptors (Lipinski definition) is 2. The van der Waals surface area contributed by atoms with Crippen LogP contribution in [0.1, 0.15) is 55.3 Å². The number of hydrogen-bond donors (Lipinski definition) is 0. The maximum atomic E-state index is 13.1. The van der Waals surface area contributed by atoms with Crippen LogP contribution in [0.25, 0.3) is 10.9 Å². The van der Waals surface area contributed by atoms with Gasteiger partial charge in [0, 0.05) is 43.3 Å². The third kappa shape index (κ3) is 5.16. The number of amides is 1. The van der Waals surface area contributed by atoms with Gasteiger partial charge in [-0.3, -0.25) is 9.69 Å². The van der Waals surface area contributed by atoms with Crippen molar-refractivity contribution in [2.45, 2.75) is 58.5 Å². The molecule has 0 spiro atoms. The van der Waals surface area contributed by atoms with E-state index in [9.17, 15) is 4.79 Å². The summed E-state index contributed by atoms with van der Waals surface area (Å²) in [6, 6.07) is 19.9. The number of aromatic nitrogens is 1. The molecule has 0 N–H and O–H groups in total. The van der Waals surface area contributed by atoms with Crippen LogP contribution in [0.2, 0.25) is 0 Å². The van der Waals surface area contributed by atoms with E-state index < -0.39 is 0 Å². The maximum Gasteiger partial charge on any atom is 0.225 e. The molecule has 0 unspecified atom stereocenters. The van der Waals surface area contributed by atoms with E-state index in [0.717, 1.165) is 52.1 Å². The number of likely N-dealkylation sites (tertiary alicyclic amines) is 2. The third-order valence-corrected chi connectivity index (χ3v) is 7.56. The second-order valence-electron chi connectivity index (χ2n) is 10.1. The highest BCUT2D eigenvalue weighted by Crippen LogP contribution is 2.26. The Kier molecular flexibility index (Phi) is 6.82. The lowest BCUT2D eigenvalue weighted by Gasteiger charge is -2.34. The first-order valence-corrected chi connectivity index (χ1v) is 12.8. The molecule has 0 saturated carbocycles. The van der Waals surface area contributed by atoms with Crippen molar-refractivity contribution in [3.05, 3.63) is 71.4 Å². The Bertz CT molecular complexity index is 1090. The van der Waals surface area contributed by atoms with Gasteiger partial charge in [-0.15, -0.1) is 0 Å². The van der Waals surface area contributed by atoms with Crippen molar-refractivity contribution >= 4 is 16.8 Å². The second-order valence-corrected chi connectivity index (χ2v) is 10.1. The van der Waals surface area contributed by atoms with Gasteiger partial charge < -0.3 is 9.47 Å². The lowest BCUT2D eigenvalue weighted by molar-refractivity contribution is -0.137. The van der Waals surface area contributed by atoms with Crippen molar-refractivity contribution in [2.24, 2.45) is 5.92 Å². The summed E-state index contributed by atoms with van der Waals surface area (Å²) in [5, 5.41) is 1.31. The van der Waals surface area contributed by atoms with Crippen molar-refractivity contribution in [2.75, 3.05) is 26.2 Å². The van der Waals surface area contributed by atoms with Gasteiger partial charge in [-0.05, 0) is 68.8 Å². The Hall–Kier alpha value is -2.59. The van der Waals surface area contributed by atoms with Gasteiger partial charge in [0.1, 0.15) is 0 Å². The first-order valence-electron chi connectivity index (χ1n) is 12.8. The molecule has 4 heteroatoms. The smallest absolute Gasteiger partial charge is 0.225 e. The number of piperidine rings is 1. The van der Waals surface area contributed by atoms with Gasteiger partial charge in [-0.2, -0.15) is 0 Å². The van der Waals surface area contributed by atoms with Gasteiger partial charge in [0.2, 0.25) is 5.91 Å². The topological polar surface area (TPSA) is 28.5 Å². The van der Waals surface area contributed by atoms with Gasteiger partial charge in [0.25, 0.3) is 0 Å². The van der Waals surface area contributed by atoms with Crippen LogP contribution in [0.3, 0.4) is 0 Å². The molecule has 1 amide bonds. The van der Waals surface area contributed by atoms with Crippen LogP contribution in [0.4, 0.5) is 0 Å². The molecule has 0 atom stereocenters. The molecular weight excluding hydrogens is 406 g/mol. The third-order valence-electron chi connectivity index (χ3n) is 7.56. The number of rotatable bonds is 5. The van der Waals surface area contributed by atoms with Gasteiger partial charge in [0.05, 0.1) is 0 Å². The molecule has 2 aliphatic heterocycles. The summed E-state index contributed by atoms with van der Waals surface area (Å²) in [4.78, 5) is 17.8. The normalized spacial score (nSPS) is 18.5. The fourth-order valence-corrected chi connectivity index (χ4v) is 5.69. The van der Waals surface area contributed by atoms with Crippen LogP contribution in [-0.4, -0.2) is 46.5 Å². The number of fused-ring (bicyclic) bond motifs is 1. The van der Waals surface area contributed by atoms with Gasteiger partial charge in [-0.25, -0.2) is 0 Å². The molecule has 2 saturated heterocycles. The molecule has 0 bridgehead atoms. The number of benzene rings is 2. The predicted octanol–water partition coefficient (Wildman–Crippen LogP) is 5.61. The zero-order valence-corrected chi connectivity index (χ0v) is 20.0. The van der Waals surface area contributed by atoms with E-state index in [-0.39, 0.29) is 5.92 Å². The summed E-state index contributed by atoms with van der Waals surface area (Å²) in [7, 11) is 0. The molecular formula is C29H37N3O. The fourth-order valence-electron chi connectivity index (χ4n) is 5.69. The Morgan fingerprint density at radius 1 is 0.848 bits per heavy atom. The molecule has 2 aromatic carbocycles. The highest BCUT2D eigenvalue weighted by atomic mass is 16.2. The number of aryl methyl sites for hydroxylation is 1. The summed E-state index contributed by atoms with van der Waals surface area (Å²) >= 11 is 0. The van der Waals surface area contributed by atoms with E-state index >= 15 is 0 Å². The van der Waals surface area contributed by atoms with Crippen molar-refractivity contribution in [1.82, 2.24) is 14.4 Å². The average Bonchev–Trinajstić information content (AvgIpc) is 2.99. The number of carbonyl (C=O) groups excluding carboxylic acids is 1. The molecule has 0 radical (unpaired) electrons. The molecule has 0 aliphatic carbocycles. The highest BCUT2D eigenvalue weighted by Gasteiger charge is 2.29. The van der Waals surface area contributed by atoms with Gasteiger partial charge >= 0.3 is 0 Å². The number of para-hydroxylation sites is 1. The van der Waals surface area contributed by atoms with Crippen molar-refractivity contribution in [1.29, 1.82) is 0 Å². The molecule has 3 heterocycles. The number of carbonyl (C=O) groups is 1. The zero-order chi connectivity index (χ0) is 22.6. The van der Waals surface area contributed by atoms with E-state index in [1.54, 1.807) is 0 Å². The highest BCUT2D eigenvalue weighted by molar-refractivity contribution is 5.81. The van der Waals surface area contributed by atoms with E-state index in [4.69, 9.17) is 0 Å². The largest absolute Gasteiger partial charge is 0.342 e. The van der Waals surface area contributed by atoms with Crippen molar-refractivity contribution in [3.63, 3.8) is 0 Å². The van der Waals surface area contributed by atoms with E-state index in [1.807, 2.05) is 0 Å². The Balaban J connectivity index is 1.27. The maximum absolute atomic E-state index is 13.1. The summed E-state index contributed by atoms with van der Waals surface area (Å²) in [6.07, 6.45) is 6.89. The molecule has 33 heavy (non-hydrogen) atoms. The van der Waals surface area contributed by atoms with Crippen LogP contribution in [-0.2, 0) is 17.9 Å². The summed E-state index contributed by atoms with van der Waals surface area (Å²) < 4.78 is 2.48. The van der Waals surface area contributed by atoms with E-state index in [1.165, 1.54) is 53.4 Å². The minimum absolute atomic E-state index is 0.220.